The van der Waals surface area contributed by atoms with Crippen LogP contribution >= 0.6 is 0 Å². The summed E-state index contributed by atoms with van der Waals surface area (Å²) in [6, 6.07) is -0.669. The zero-order valence-corrected chi connectivity index (χ0v) is 18.9. The Hall–Kier alpha value is -3.14. The van der Waals surface area contributed by atoms with Gasteiger partial charge < -0.3 is 22.1 Å². The Balaban J connectivity index is 2.39. The molecule has 0 aromatic carbocycles. The summed E-state index contributed by atoms with van der Waals surface area (Å²) in [5, 5.41) is 5.73. The average Bonchev–Trinajstić information content (AvgIpc) is 3.50. The number of carbonyl (C=O) groups excluding carboxylic acids is 1. The molecule has 9 nitrogen and oxygen atoms in total. The first-order valence-corrected chi connectivity index (χ1v) is 11.4. The van der Waals surface area contributed by atoms with Crippen LogP contribution in [0.3, 0.4) is 0 Å². The molecule has 6 N–H and O–H groups in total. The third-order valence-electron chi connectivity index (χ3n) is 4.88. The number of hydrogen-bond acceptors (Lipinski definition) is 7. The summed E-state index contributed by atoms with van der Waals surface area (Å²) in [7, 11) is -3.73. The predicted molar refractivity (Wildman–Crippen MR) is 125 cm³/mol. The zero-order valence-electron chi connectivity index (χ0n) is 18.1. The minimum Gasteiger partial charge on any atom is -0.384 e. The fraction of sp³-hybridized carbons (Fsp3) is 0.381. The monoisotopic (exact) mass is 446 g/mol. The molecule has 1 heterocycles. The molecule has 31 heavy (non-hydrogen) atoms. The Bertz CT molecular complexity index is 1030. The molecule has 168 valence electrons. The molecule has 0 aromatic heterocycles. The lowest BCUT2D eigenvalue weighted by molar-refractivity contribution is 0.251. The van der Waals surface area contributed by atoms with Crippen LogP contribution in [0.4, 0.5) is 4.79 Å². The fourth-order valence-electron chi connectivity index (χ4n) is 3.23. The molecule has 1 aliphatic carbocycles. The number of nitrogens with two attached hydrogens (primary N) is 2. The summed E-state index contributed by atoms with van der Waals surface area (Å²) >= 11 is 0. The first-order chi connectivity index (χ1) is 14.6. The van der Waals surface area contributed by atoms with Gasteiger partial charge in [-0.15, -0.1) is 0 Å². The maximum Gasteiger partial charge on any atom is 0.316 e. The van der Waals surface area contributed by atoms with Crippen molar-refractivity contribution in [3.63, 3.8) is 0 Å². The van der Waals surface area contributed by atoms with Crippen molar-refractivity contribution in [2.24, 2.45) is 21.5 Å². The molecular weight excluding hydrogens is 416 g/mol. The van der Waals surface area contributed by atoms with Crippen LogP contribution in [0, 0.1) is 0 Å². The summed E-state index contributed by atoms with van der Waals surface area (Å²) in [4.78, 5) is 19.4. The van der Waals surface area contributed by atoms with E-state index >= 15 is 0 Å². The van der Waals surface area contributed by atoms with Crippen LogP contribution in [-0.4, -0.2) is 37.4 Å². The molecule has 1 saturated carbocycles. The molecule has 0 spiro atoms. The highest BCUT2D eigenvalue weighted by molar-refractivity contribution is 7.97. The quantitative estimate of drug-likeness (QED) is 0.316. The molecular formula is C21H30N6O3S. The van der Waals surface area contributed by atoms with Crippen molar-refractivity contribution >= 4 is 27.9 Å². The lowest BCUT2D eigenvalue weighted by Gasteiger charge is -2.29. The molecule has 0 radical (unpaired) electrons. The standard InChI is InChI=1S/C21H30N6O3S/c1-5-8-18(24-7-3)31(29,30)21(11-12-21)16-13-17(22)27-19(26-16)15(6-2)10-9-14(4)25-20(23)28/h6-10,13,19,26H,2,5,11-12H2,1,3-4H3,(H2,22,27)(H3,23,25,28)/b14-9+,15-10+,18-8+,24-7?. The molecule has 10 heteroatoms. The van der Waals surface area contributed by atoms with Crippen molar-refractivity contribution in [2.45, 2.75) is 50.9 Å². The Labute approximate surface area is 183 Å². The molecule has 0 aromatic rings. The van der Waals surface area contributed by atoms with Gasteiger partial charge in [-0.2, -0.15) is 0 Å². The highest BCUT2D eigenvalue weighted by Gasteiger charge is 2.59. The van der Waals surface area contributed by atoms with Gasteiger partial charge >= 0.3 is 6.03 Å². The van der Waals surface area contributed by atoms with E-state index in [1.165, 1.54) is 6.21 Å². The lowest BCUT2D eigenvalue weighted by atomic mass is 10.1. The summed E-state index contributed by atoms with van der Waals surface area (Å²) in [6.07, 6.45) is 10.4. The van der Waals surface area contributed by atoms with Crippen LogP contribution in [0.1, 0.15) is 40.0 Å². The van der Waals surface area contributed by atoms with E-state index in [1.807, 2.05) is 6.92 Å². The van der Waals surface area contributed by atoms with Gasteiger partial charge in [0.1, 0.15) is 16.7 Å². The predicted octanol–water partition coefficient (Wildman–Crippen LogP) is 2.13. The maximum absolute atomic E-state index is 13.4. The normalized spacial score (nSPS) is 21.8. The number of primary amides is 1. The van der Waals surface area contributed by atoms with E-state index < -0.39 is 26.8 Å². The molecule has 1 atom stereocenters. The largest absolute Gasteiger partial charge is 0.384 e. The van der Waals surface area contributed by atoms with E-state index in [0.29, 0.717) is 36.2 Å². The second kappa shape index (κ2) is 9.78. The van der Waals surface area contributed by atoms with E-state index in [1.54, 1.807) is 44.2 Å². The van der Waals surface area contributed by atoms with E-state index in [0.717, 1.165) is 0 Å². The van der Waals surface area contributed by atoms with Crippen molar-refractivity contribution in [2.75, 3.05) is 0 Å². The molecule has 0 bridgehead atoms. The smallest absolute Gasteiger partial charge is 0.316 e. The van der Waals surface area contributed by atoms with E-state index in [4.69, 9.17) is 11.5 Å². The Morgan fingerprint density at radius 3 is 2.65 bits per heavy atom. The number of aliphatic imine (C=N–C) groups is 2. The first kappa shape index (κ1) is 24.1. The Morgan fingerprint density at radius 2 is 2.13 bits per heavy atom. The summed E-state index contributed by atoms with van der Waals surface area (Å²) in [6.45, 7) is 9.03. The van der Waals surface area contributed by atoms with Crippen molar-refractivity contribution in [3.8, 4) is 0 Å². The summed E-state index contributed by atoms with van der Waals surface area (Å²) in [5.41, 5.74) is 12.8. The number of amidine groups is 1. The SMILES string of the molecule is C=C/C(=C\C=C(/C)NC(N)=O)C1N=C(N)C=C(C2(S(=O)(=O)/C(=C/CC)N=CC)CC2)N1. The van der Waals surface area contributed by atoms with E-state index in [2.05, 4.69) is 27.2 Å². The van der Waals surface area contributed by atoms with Crippen LogP contribution in [-0.2, 0) is 9.84 Å². The van der Waals surface area contributed by atoms with Crippen LogP contribution in [0.5, 0.6) is 0 Å². The average molecular weight is 447 g/mol. The molecule has 1 aliphatic heterocycles. The number of hydrogen-bond donors (Lipinski definition) is 4. The van der Waals surface area contributed by atoms with Crippen LogP contribution in [0.25, 0.3) is 0 Å². The number of allylic oxidation sites excluding steroid dienone is 4. The Morgan fingerprint density at radius 1 is 1.45 bits per heavy atom. The van der Waals surface area contributed by atoms with Gasteiger partial charge in [0.05, 0.1) is 0 Å². The molecule has 2 amide bonds. The highest BCUT2D eigenvalue weighted by atomic mass is 32.2. The second-order valence-electron chi connectivity index (χ2n) is 7.20. The van der Waals surface area contributed by atoms with Crippen LogP contribution in [0.2, 0.25) is 0 Å². The number of sulfone groups is 1. The molecule has 2 rings (SSSR count). The van der Waals surface area contributed by atoms with Gasteiger partial charge in [0, 0.05) is 23.7 Å². The summed E-state index contributed by atoms with van der Waals surface area (Å²) in [5.74, 6) is 0.212. The molecule has 1 unspecified atom stereocenters. The second-order valence-corrected chi connectivity index (χ2v) is 9.41. The van der Waals surface area contributed by atoms with Gasteiger partial charge in [-0.25, -0.2) is 23.2 Å². The third-order valence-corrected chi connectivity index (χ3v) is 7.36. The van der Waals surface area contributed by atoms with Crippen LogP contribution in [0.15, 0.2) is 68.9 Å². The van der Waals surface area contributed by atoms with Gasteiger partial charge in [0.15, 0.2) is 5.03 Å². The minimum atomic E-state index is -3.73. The maximum atomic E-state index is 13.4. The van der Waals surface area contributed by atoms with Gasteiger partial charge in [0.2, 0.25) is 9.84 Å². The number of carbonyl (C=O) groups is 1. The number of urea groups is 1. The van der Waals surface area contributed by atoms with Gasteiger partial charge in [-0.05, 0) is 50.8 Å². The fourth-order valence-corrected chi connectivity index (χ4v) is 5.31. The number of nitrogens with one attached hydrogen (secondary N) is 2. The lowest BCUT2D eigenvalue weighted by Crippen LogP contribution is -2.43. The number of rotatable bonds is 9. The van der Waals surface area contributed by atoms with Gasteiger partial charge in [-0.3, -0.25) is 0 Å². The van der Waals surface area contributed by atoms with Crippen molar-refractivity contribution < 1.29 is 13.2 Å². The van der Waals surface area contributed by atoms with E-state index in [-0.39, 0.29) is 10.9 Å². The van der Waals surface area contributed by atoms with Crippen LogP contribution < -0.4 is 22.1 Å². The number of nitrogens with zero attached hydrogens (tertiary/aromatic N) is 2. The summed E-state index contributed by atoms with van der Waals surface area (Å²) < 4.78 is 25.7. The molecule has 2 aliphatic rings. The topological polar surface area (TPSA) is 152 Å². The Kier molecular flexibility index (Phi) is 7.61. The first-order valence-electron chi connectivity index (χ1n) is 9.94. The minimum absolute atomic E-state index is 0.0610. The van der Waals surface area contributed by atoms with Crippen molar-refractivity contribution in [1.29, 1.82) is 0 Å². The molecule has 0 saturated heterocycles. The van der Waals surface area contributed by atoms with Gasteiger partial charge in [0.25, 0.3) is 0 Å². The molecule has 1 fully saturated rings. The number of amides is 2. The third kappa shape index (κ3) is 5.32. The van der Waals surface area contributed by atoms with E-state index in [9.17, 15) is 13.2 Å². The van der Waals surface area contributed by atoms with Crippen molar-refractivity contribution in [1.82, 2.24) is 10.6 Å². The van der Waals surface area contributed by atoms with Crippen molar-refractivity contribution in [3.05, 3.63) is 59.0 Å². The highest BCUT2D eigenvalue weighted by Crippen LogP contribution is 2.52. The van der Waals surface area contributed by atoms with Gasteiger partial charge in [-0.1, -0.05) is 25.7 Å². The zero-order chi connectivity index (χ0) is 23.2.